The van der Waals surface area contributed by atoms with Gasteiger partial charge in [-0.3, -0.25) is 14.5 Å². The number of carbonyl (C=O) groups excluding carboxylic acids is 2. The van der Waals surface area contributed by atoms with E-state index in [9.17, 15) is 9.59 Å². The van der Waals surface area contributed by atoms with Crippen LogP contribution < -0.4 is 9.80 Å². The first-order valence-corrected chi connectivity index (χ1v) is 8.09. The molecule has 2 aliphatic heterocycles. The summed E-state index contributed by atoms with van der Waals surface area (Å²) in [5.74, 6) is 0.234. The Bertz CT molecular complexity index is 540. The summed E-state index contributed by atoms with van der Waals surface area (Å²) >= 11 is 1.36. The molecule has 0 spiro atoms. The quantitative estimate of drug-likeness (QED) is 0.820. The van der Waals surface area contributed by atoms with Gasteiger partial charge in [-0.2, -0.15) is 0 Å². The van der Waals surface area contributed by atoms with Crippen LogP contribution in [0.5, 0.6) is 0 Å². The van der Waals surface area contributed by atoms with Crippen molar-refractivity contribution in [3.63, 3.8) is 0 Å². The molecule has 0 aliphatic carbocycles. The molecule has 1 aromatic heterocycles. The predicted octanol–water partition coefficient (Wildman–Crippen LogP) is 0.723. The van der Waals surface area contributed by atoms with Crippen molar-refractivity contribution < 1.29 is 9.59 Å². The highest BCUT2D eigenvalue weighted by atomic mass is 32.1. The Morgan fingerprint density at radius 2 is 2.00 bits per heavy atom. The van der Waals surface area contributed by atoms with E-state index in [4.69, 9.17) is 0 Å². The molecule has 1 aromatic rings. The molecule has 0 bridgehead atoms. The smallest absolute Gasteiger partial charge is 0.242 e. The van der Waals surface area contributed by atoms with E-state index < -0.39 is 0 Å². The van der Waals surface area contributed by atoms with E-state index >= 15 is 0 Å². The van der Waals surface area contributed by atoms with Crippen LogP contribution in [0.25, 0.3) is 0 Å². The predicted molar refractivity (Wildman–Crippen MR) is 80.6 cm³/mol. The molecule has 2 fully saturated rings. The lowest BCUT2D eigenvalue weighted by Crippen LogP contribution is -2.37. The van der Waals surface area contributed by atoms with E-state index in [0.29, 0.717) is 29.8 Å². The van der Waals surface area contributed by atoms with Gasteiger partial charge in [0.25, 0.3) is 0 Å². The molecule has 2 amide bonds. The molecule has 3 rings (SSSR count). The maximum absolute atomic E-state index is 12.1. The molecule has 0 N–H and O–H groups in total. The SMILES string of the molecule is CN(CC(=O)N1CCCC1)c1nnc(N2CCCC2=O)s1. The number of anilines is 2. The average molecular weight is 309 g/mol. The molecular formula is C13H19N5O2S. The Hall–Kier alpha value is -1.70. The van der Waals surface area contributed by atoms with Crippen LogP contribution in [0, 0.1) is 0 Å². The summed E-state index contributed by atoms with van der Waals surface area (Å²) in [5.41, 5.74) is 0. The van der Waals surface area contributed by atoms with Gasteiger partial charge in [0.05, 0.1) is 6.54 Å². The minimum Gasteiger partial charge on any atom is -0.341 e. The van der Waals surface area contributed by atoms with Crippen molar-refractivity contribution in [3.8, 4) is 0 Å². The van der Waals surface area contributed by atoms with Crippen LogP contribution in [0.3, 0.4) is 0 Å². The summed E-state index contributed by atoms with van der Waals surface area (Å²) in [6, 6.07) is 0. The standard InChI is InChI=1S/C13H19N5O2S/c1-16(9-11(20)17-6-2-3-7-17)12-14-15-13(21-12)18-8-4-5-10(18)19/h2-9H2,1H3. The molecule has 21 heavy (non-hydrogen) atoms. The zero-order valence-corrected chi connectivity index (χ0v) is 12.9. The number of aromatic nitrogens is 2. The molecule has 114 valence electrons. The lowest BCUT2D eigenvalue weighted by molar-refractivity contribution is -0.128. The zero-order chi connectivity index (χ0) is 14.8. The Kier molecular flexibility index (Phi) is 4.05. The van der Waals surface area contributed by atoms with Crippen LogP contribution in [0.2, 0.25) is 0 Å². The highest BCUT2D eigenvalue weighted by Crippen LogP contribution is 2.29. The Morgan fingerprint density at radius 3 is 2.67 bits per heavy atom. The third-order valence-electron chi connectivity index (χ3n) is 3.87. The van der Waals surface area contributed by atoms with Crippen molar-refractivity contribution in [2.75, 3.05) is 43.0 Å². The second-order valence-electron chi connectivity index (χ2n) is 5.46. The van der Waals surface area contributed by atoms with E-state index in [-0.39, 0.29) is 11.8 Å². The van der Waals surface area contributed by atoms with Gasteiger partial charge in [0.15, 0.2) is 0 Å². The minimum absolute atomic E-state index is 0.105. The molecule has 3 heterocycles. The highest BCUT2D eigenvalue weighted by molar-refractivity contribution is 7.19. The summed E-state index contributed by atoms with van der Waals surface area (Å²) in [6.07, 6.45) is 3.64. The molecular weight excluding hydrogens is 290 g/mol. The first-order valence-electron chi connectivity index (χ1n) is 7.28. The van der Waals surface area contributed by atoms with Gasteiger partial charge in [-0.05, 0) is 19.3 Å². The van der Waals surface area contributed by atoms with Gasteiger partial charge < -0.3 is 9.80 Å². The summed E-state index contributed by atoms with van der Waals surface area (Å²) in [7, 11) is 1.84. The van der Waals surface area contributed by atoms with Gasteiger partial charge in [0.2, 0.25) is 22.1 Å². The zero-order valence-electron chi connectivity index (χ0n) is 12.1. The fraction of sp³-hybridized carbons (Fsp3) is 0.692. The van der Waals surface area contributed by atoms with E-state index in [1.165, 1.54) is 11.3 Å². The fourth-order valence-corrected chi connectivity index (χ4v) is 3.51. The van der Waals surface area contributed by atoms with Gasteiger partial charge in [-0.15, -0.1) is 10.2 Å². The van der Waals surface area contributed by atoms with Crippen molar-refractivity contribution in [1.29, 1.82) is 0 Å². The Morgan fingerprint density at radius 1 is 1.24 bits per heavy atom. The van der Waals surface area contributed by atoms with Crippen LogP contribution in [-0.4, -0.2) is 60.1 Å². The van der Waals surface area contributed by atoms with Crippen LogP contribution in [0.15, 0.2) is 0 Å². The van der Waals surface area contributed by atoms with Gasteiger partial charge in [-0.1, -0.05) is 11.3 Å². The van der Waals surface area contributed by atoms with Crippen LogP contribution in [0.1, 0.15) is 25.7 Å². The van der Waals surface area contributed by atoms with E-state index in [1.54, 1.807) is 4.90 Å². The van der Waals surface area contributed by atoms with E-state index in [0.717, 1.165) is 32.4 Å². The molecule has 0 saturated carbocycles. The molecule has 0 radical (unpaired) electrons. The summed E-state index contributed by atoms with van der Waals surface area (Å²) in [6.45, 7) is 2.74. The molecule has 2 aliphatic rings. The number of rotatable bonds is 4. The first kappa shape index (κ1) is 14.2. The second-order valence-corrected chi connectivity index (χ2v) is 6.39. The summed E-state index contributed by atoms with van der Waals surface area (Å²) < 4.78 is 0. The van der Waals surface area contributed by atoms with Gasteiger partial charge >= 0.3 is 0 Å². The summed E-state index contributed by atoms with van der Waals surface area (Å²) in [5, 5.41) is 9.50. The highest BCUT2D eigenvalue weighted by Gasteiger charge is 2.26. The maximum atomic E-state index is 12.1. The number of likely N-dealkylation sites (N-methyl/N-ethyl adjacent to an activating group) is 1. The molecule has 0 unspecified atom stereocenters. The molecule has 0 aromatic carbocycles. The molecule has 7 nitrogen and oxygen atoms in total. The number of nitrogens with zero attached hydrogens (tertiary/aromatic N) is 5. The average Bonchev–Trinajstić information content (AvgIpc) is 3.19. The first-order chi connectivity index (χ1) is 10.1. The summed E-state index contributed by atoms with van der Waals surface area (Å²) in [4.78, 5) is 29.2. The number of hydrogen-bond acceptors (Lipinski definition) is 6. The number of hydrogen-bond donors (Lipinski definition) is 0. The van der Waals surface area contributed by atoms with Crippen molar-refractivity contribution in [1.82, 2.24) is 15.1 Å². The van der Waals surface area contributed by atoms with E-state index in [2.05, 4.69) is 10.2 Å². The third kappa shape index (κ3) is 2.99. The van der Waals surface area contributed by atoms with E-state index in [1.807, 2.05) is 16.8 Å². The molecule has 0 atom stereocenters. The fourth-order valence-electron chi connectivity index (χ4n) is 2.66. The third-order valence-corrected chi connectivity index (χ3v) is 4.93. The van der Waals surface area contributed by atoms with Crippen LogP contribution in [0.4, 0.5) is 10.3 Å². The molecule has 2 saturated heterocycles. The van der Waals surface area contributed by atoms with Crippen molar-refractivity contribution in [2.45, 2.75) is 25.7 Å². The van der Waals surface area contributed by atoms with Gasteiger partial charge in [-0.25, -0.2) is 0 Å². The normalized spacial score (nSPS) is 18.6. The monoisotopic (exact) mass is 309 g/mol. The minimum atomic E-state index is 0.105. The lowest BCUT2D eigenvalue weighted by atomic mass is 10.4. The topological polar surface area (TPSA) is 69.6 Å². The molecule has 8 heteroatoms. The Labute approximate surface area is 127 Å². The van der Waals surface area contributed by atoms with Crippen LogP contribution in [-0.2, 0) is 9.59 Å². The number of amides is 2. The van der Waals surface area contributed by atoms with Crippen molar-refractivity contribution in [3.05, 3.63) is 0 Å². The maximum Gasteiger partial charge on any atom is 0.242 e. The van der Waals surface area contributed by atoms with Crippen LogP contribution >= 0.6 is 11.3 Å². The second kappa shape index (κ2) is 5.97. The van der Waals surface area contributed by atoms with Gasteiger partial charge in [0, 0.05) is 33.1 Å². The lowest BCUT2D eigenvalue weighted by Gasteiger charge is -2.20. The Balaban J connectivity index is 1.62. The van der Waals surface area contributed by atoms with Crippen molar-refractivity contribution in [2.24, 2.45) is 0 Å². The number of likely N-dealkylation sites (tertiary alicyclic amines) is 1. The number of carbonyl (C=O) groups is 2. The van der Waals surface area contributed by atoms with Gasteiger partial charge in [0.1, 0.15) is 0 Å². The van der Waals surface area contributed by atoms with Crippen molar-refractivity contribution >= 4 is 33.4 Å². The largest absolute Gasteiger partial charge is 0.341 e.